The van der Waals surface area contributed by atoms with Gasteiger partial charge in [0.05, 0.1) is 19.6 Å². The monoisotopic (exact) mass is 1330 g/mol. The standard InChI is InChI=1S/C30H45N6.3C2HF6NO4S2/c1-4-7-10-31-13-16-34(25-31)22-28-19-29(23-35-17-14-32(26-35)11-8-5-2)21-30(20-28)24-36-18-15-33(27-36)12-9-6-3;3*3-1(4,5)14(10,11)9-15(12,13)2(6,7)8/h13-21,25-27H,4-12,22-24H2,1-3H3;3*9H/q+3;;;. The smallest absolute Gasteiger partial charge is 0.237 e. The summed E-state index contributed by atoms with van der Waals surface area (Å²) < 4.78 is 339. The van der Waals surface area contributed by atoms with Crippen molar-refractivity contribution in [2.45, 2.75) is 132 Å². The summed E-state index contributed by atoms with van der Waals surface area (Å²) in [5, 5.41) is 0. The van der Waals surface area contributed by atoms with Gasteiger partial charge >= 0.3 is 93.2 Å². The summed E-state index contributed by atoms with van der Waals surface area (Å²) in [6, 6.07) is 7.15. The van der Waals surface area contributed by atoms with Gasteiger partial charge in [-0.25, -0.2) is 77.9 Å². The summed E-state index contributed by atoms with van der Waals surface area (Å²) in [5.41, 5.74) is -32.8. The SMILES string of the molecule is CCCCn1cc[n+](Cc2cc(C[n+]3ccn(CCCC)c3)cc(C[n+]3ccn(CCCC)c3)c2)c1.O=S(=O)(NS(=O)(=O)C(F)(F)F)C(F)(F)F.O=S(=O)(NS(=O)(=O)C(F)(F)F)C(F)(F)F.O=S(=O)(NS(=O)(=O)C(F)(F)F)C(F)(F)F. The minimum absolute atomic E-state index is 0.493. The van der Waals surface area contributed by atoms with Gasteiger partial charge in [-0.2, -0.15) is 79.0 Å². The number of alkyl halides is 18. The van der Waals surface area contributed by atoms with E-state index in [1.54, 1.807) is 0 Å². The number of hydrogen-bond acceptors (Lipinski definition) is 12. The molecule has 3 heterocycles. The van der Waals surface area contributed by atoms with E-state index in [2.05, 4.69) is 123 Å². The van der Waals surface area contributed by atoms with E-state index in [0.29, 0.717) is 0 Å². The van der Waals surface area contributed by atoms with Crippen molar-refractivity contribution < 1.29 is 143 Å². The van der Waals surface area contributed by atoms with E-state index in [-0.39, 0.29) is 0 Å². The number of nitrogens with zero attached hydrogens (tertiary/aromatic N) is 6. The first-order valence-electron chi connectivity index (χ1n) is 21.8. The number of nitrogens with one attached hydrogen (secondary N) is 3. The summed E-state index contributed by atoms with van der Waals surface area (Å²) in [4.78, 5) is 0. The normalized spacial score (nSPS) is 13.6. The maximum atomic E-state index is 11.5. The number of imidazole rings is 3. The zero-order valence-electron chi connectivity index (χ0n) is 41.2. The van der Waals surface area contributed by atoms with Crippen molar-refractivity contribution in [1.82, 2.24) is 26.1 Å². The lowest BCUT2D eigenvalue weighted by atomic mass is 10.0. The second kappa shape index (κ2) is 28.2. The Morgan fingerprint density at radius 1 is 0.346 bits per heavy atom. The highest BCUT2D eigenvalue weighted by Crippen LogP contribution is 2.30. The maximum absolute atomic E-state index is 11.5. The molecular formula is C36H48F18N9O12S6+3. The van der Waals surface area contributed by atoms with Gasteiger partial charge < -0.3 is 0 Å². The average molecular weight is 1330 g/mol. The van der Waals surface area contributed by atoms with Gasteiger partial charge in [0.25, 0.3) is 0 Å². The Bertz CT molecular complexity index is 2880. The van der Waals surface area contributed by atoms with Crippen LogP contribution >= 0.6 is 0 Å². The van der Waals surface area contributed by atoms with Crippen molar-refractivity contribution >= 4 is 60.1 Å². The predicted octanol–water partition coefficient (Wildman–Crippen LogP) is 5.32. The van der Waals surface area contributed by atoms with Gasteiger partial charge in [0.2, 0.25) is 19.0 Å². The van der Waals surface area contributed by atoms with Gasteiger partial charge in [0.15, 0.2) is 0 Å². The van der Waals surface area contributed by atoms with Crippen LogP contribution in [-0.2, 0) is 99.4 Å². The first-order chi connectivity index (χ1) is 36.3. The Kier molecular flexibility index (Phi) is 25.8. The molecule has 81 heavy (non-hydrogen) atoms. The zero-order valence-corrected chi connectivity index (χ0v) is 46.1. The molecule has 21 nitrogen and oxygen atoms in total. The van der Waals surface area contributed by atoms with E-state index in [4.69, 9.17) is 0 Å². The first-order valence-corrected chi connectivity index (χ1v) is 30.7. The second-order valence-corrected chi connectivity index (χ2v) is 27.0. The molecule has 0 amide bonds. The second-order valence-electron chi connectivity index (χ2n) is 16.1. The van der Waals surface area contributed by atoms with Crippen molar-refractivity contribution in [3.63, 3.8) is 0 Å². The molecule has 0 atom stereocenters. The fraction of sp³-hybridized carbons (Fsp3) is 0.583. The molecule has 4 aromatic rings. The molecule has 0 saturated carbocycles. The van der Waals surface area contributed by atoms with Gasteiger partial charge in [-0.15, -0.1) is 0 Å². The van der Waals surface area contributed by atoms with Crippen LogP contribution in [0.5, 0.6) is 0 Å². The number of aromatic nitrogens is 6. The lowest BCUT2D eigenvalue weighted by Crippen LogP contribution is -2.45. The summed E-state index contributed by atoms with van der Waals surface area (Å²) in [7, 11) is -39.6. The third kappa shape index (κ3) is 23.8. The number of hydrogen-bond donors (Lipinski definition) is 3. The summed E-state index contributed by atoms with van der Waals surface area (Å²) in [5.74, 6) is 0. The summed E-state index contributed by atoms with van der Waals surface area (Å²) in [6.07, 6.45) is 27.3. The Labute approximate surface area is 450 Å². The molecule has 4 rings (SSSR count). The lowest BCUT2D eigenvalue weighted by molar-refractivity contribution is -0.689. The maximum Gasteiger partial charge on any atom is 0.512 e. The Balaban J connectivity index is 0.000000609. The van der Waals surface area contributed by atoms with Crippen molar-refractivity contribution in [2.24, 2.45) is 0 Å². The Hall–Kier alpha value is -4.83. The van der Waals surface area contributed by atoms with Crippen LogP contribution in [0.2, 0.25) is 0 Å². The van der Waals surface area contributed by atoms with Crippen molar-refractivity contribution in [1.29, 1.82) is 0 Å². The quantitative estimate of drug-likeness (QED) is 0.0707. The van der Waals surface area contributed by atoms with Crippen molar-refractivity contribution in [3.8, 4) is 0 Å². The van der Waals surface area contributed by atoms with E-state index < -0.39 is 106 Å². The molecule has 0 unspecified atom stereocenters. The summed E-state index contributed by atoms with van der Waals surface area (Å²) >= 11 is 0. The number of aryl methyl sites for hydroxylation is 3. The average Bonchev–Trinajstić information content (AvgIpc) is 4.03. The third-order valence-electron chi connectivity index (χ3n) is 9.24. The largest absolute Gasteiger partial charge is 0.512 e. The molecule has 1 aromatic carbocycles. The summed E-state index contributed by atoms with van der Waals surface area (Å²) in [6.45, 7) is 12.7. The zero-order chi connectivity index (χ0) is 63.3. The van der Waals surface area contributed by atoms with E-state index in [1.165, 1.54) is 55.2 Å². The number of unbranched alkanes of at least 4 members (excludes halogenated alkanes) is 3. The van der Waals surface area contributed by atoms with E-state index in [1.807, 2.05) is 0 Å². The van der Waals surface area contributed by atoms with Gasteiger partial charge in [0, 0.05) is 0 Å². The topological polar surface area (TPSA) is 267 Å². The van der Waals surface area contributed by atoms with Crippen LogP contribution < -0.4 is 26.1 Å². The minimum atomic E-state index is -6.60. The fourth-order valence-electron chi connectivity index (χ4n) is 5.48. The fourth-order valence-corrected chi connectivity index (χ4v) is 11.2. The number of sulfonamides is 6. The lowest BCUT2D eigenvalue weighted by Gasteiger charge is -2.11. The number of rotatable bonds is 21. The van der Waals surface area contributed by atoms with Crippen LogP contribution in [0, 0.1) is 0 Å². The molecule has 0 fully saturated rings. The van der Waals surface area contributed by atoms with E-state index in [9.17, 15) is 130 Å². The molecule has 468 valence electrons. The molecule has 45 heteroatoms. The third-order valence-corrected chi connectivity index (χ3v) is 18.2. The molecule has 0 aliphatic heterocycles. The Morgan fingerprint density at radius 2 is 0.519 bits per heavy atom. The number of benzene rings is 1. The van der Waals surface area contributed by atoms with Crippen LogP contribution in [0.1, 0.15) is 76.0 Å². The highest BCUT2D eigenvalue weighted by atomic mass is 32.3. The predicted molar refractivity (Wildman–Crippen MR) is 242 cm³/mol. The molecule has 0 saturated heterocycles. The van der Waals surface area contributed by atoms with Gasteiger partial charge in [-0.3, -0.25) is 0 Å². The first kappa shape index (κ1) is 74.2. The van der Waals surface area contributed by atoms with Crippen LogP contribution in [0.4, 0.5) is 79.0 Å². The Morgan fingerprint density at radius 3 is 0.667 bits per heavy atom. The van der Waals surface area contributed by atoms with Crippen LogP contribution in [-0.4, -0.2) is 97.3 Å². The molecule has 0 aliphatic carbocycles. The van der Waals surface area contributed by atoms with Gasteiger partial charge in [-0.1, -0.05) is 52.4 Å². The molecule has 0 spiro atoms. The molecule has 3 N–H and O–H groups in total. The minimum Gasteiger partial charge on any atom is -0.237 e. The van der Waals surface area contributed by atoms with E-state index >= 15 is 0 Å². The van der Waals surface area contributed by atoms with Gasteiger partial charge in [0.1, 0.15) is 56.8 Å². The molecular weight excluding hydrogens is 1280 g/mol. The van der Waals surface area contributed by atoms with Crippen molar-refractivity contribution in [3.05, 3.63) is 91.1 Å². The molecule has 0 bridgehead atoms. The highest BCUT2D eigenvalue weighted by molar-refractivity contribution is 8.06. The highest BCUT2D eigenvalue weighted by Gasteiger charge is 2.57. The number of halogens is 18. The van der Waals surface area contributed by atoms with Crippen molar-refractivity contribution in [2.75, 3.05) is 0 Å². The molecule has 3 aromatic heterocycles. The molecule has 0 aliphatic rings. The van der Waals surface area contributed by atoms with Crippen LogP contribution in [0.25, 0.3) is 0 Å². The van der Waals surface area contributed by atoms with E-state index in [0.717, 1.165) is 39.3 Å². The van der Waals surface area contributed by atoms with Crippen LogP contribution in [0.15, 0.2) is 74.4 Å². The van der Waals surface area contributed by atoms with Crippen LogP contribution in [0.3, 0.4) is 0 Å². The van der Waals surface area contributed by atoms with Gasteiger partial charge in [-0.05, 0) is 54.2 Å². The molecule has 0 radical (unpaired) electrons.